The van der Waals surface area contributed by atoms with E-state index in [2.05, 4.69) is 51.2 Å². The van der Waals surface area contributed by atoms with E-state index in [0.29, 0.717) is 49.6 Å². The molecule has 11 rings (SSSR count). The van der Waals surface area contributed by atoms with Crippen LogP contribution >= 0.6 is 0 Å². The summed E-state index contributed by atoms with van der Waals surface area (Å²) in [7, 11) is 0. The maximum absolute atomic E-state index is 14.8. The molecule has 0 aromatic heterocycles. The lowest BCUT2D eigenvalue weighted by Gasteiger charge is -2.71. The summed E-state index contributed by atoms with van der Waals surface area (Å²) in [6.07, 6.45) is 14.2. The number of amides is 2. The number of carbonyl (C=O) groups is 2. The van der Waals surface area contributed by atoms with Crippen molar-refractivity contribution in [2.24, 2.45) is 56.7 Å². The molecular formula is C46H56F2N2O4. The lowest BCUT2D eigenvalue weighted by atomic mass is 9.32. The summed E-state index contributed by atoms with van der Waals surface area (Å²) < 4.78 is 28.8. The van der Waals surface area contributed by atoms with Crippen LogP contribution in [0, 0.1) is 68.3 Å². The van der Waals surface area contributed by atoms with Crippen LogP contribution in [0.5, 0.6) is 0 Å². The highest BCUT2D eigenvalue weighted by atomic mass is 19.2. The molecule has 2 amide bonds. The van der Waals surface area contributed by atoms with Gasteiger partial charge in [0.2, 0.25) is 0 Å². The molecule has 11 unspecified atom stereocenters. The van der Waals surface area contributed by atoms with Crippen LogP contribution in [0.25, 0.3) is 0 Å². The number of fused-ring (bicyclic) bond motifs is 3. The van der Waals surface area contributed by atoms with E-state index in [0.717, 1.165) is 49.4 Å². The zero-order chi connectivity index (χ0) is 38.1. The molecule has 0 saturated heterocycles. The monoisotopic (exact) mass is 738 g/mol. The number of halogens is 2. The van der Waals surface area contributed by atoms with Gasteiger partial charge in [-0.15, -0.1) is 0 Å². The van der Waals surface area contributed by atoms with Crippen molar-refractivity contribution in [2.75, 3.05) is 18.4 Å². The first-order valence-electron chi connectivity index (χ1n) is 20.5. The number of aliphatic hydroxyl groups is 2. The minimum absolute atomic E-state index is 0.0608. The number of Topliss-reactive ketones (excluding diaryl/α,β-unsaturated/α-hetero) is 1. The molecule has 9 aliphatic rings. The number of aliphatic hydroxyl groups excluding tert-OH is 1. The molecule has 6 saturated carbocycles. The zero-order valence-electron chi connectivity index (χ0n) is 32.2. The zero-order valence-corrected chi connectivity index (χ0v) is 32.2. The van der Waals surface area contributed by atoms with E-state index < -0.39 is 39.6 Å². The van der Waals surface area contributed by atoms with Crippen molar-refractivity contribution < 1.29 is 28.6 Å². The highest BCUT2D eigenvalue weighted by Gasteiger charge is 2.74. The van der Waals surface area contributed by atoms with Gasteiger partial charge in [0.25, 0.3) is 0 Å². The van der Waals surface area contributed by atoms with Crippen LogP contribution in [-0.4, -0.2) is 51.7 Å². The predicted octanol–water partition coefficient (Wildman–Crippen LogP) is 9.35. The van der Waals surface area contributed by atoms with Crippen molar-refractivity contribution >= 4 is 17.5 Å². The van der Waals surface area contributed by atoms with E-state index in [1.807, 2.05) is 35.2 Å². The minimum atomic E-state index is -1.22. The lowest BCUT2D eigenvalue weighted by Crippen LogP contribution is -2.67. The second-order valence-electron chi connectivity index (χ2n) is 19.6. The third-order valence-corrected chi connectivity index (χ3v) is 17.4. The molecular weight excluding hydrogens is 683 g/mol. The molecule has 3 N–H and O–H groups in total. The van der Waals surface area contributed by atoms with E-state index in [4.69, 9.17) is 0 Å². The number of rotatable bonds is 7. The molecule has 9 aliphatic carbocycles. The van der Waals surface area contributed by atoms with Crippen LogP contribution in [0.2, 0.25) is 0 Å². The van der Waals surface area contributed by atoms with Gasteiger partial charge in [0.1, 0.15) is 0 Å². The Labute approximate surface area is 318 Å². The van der Waals surface area contributed by atoms with Crippen LogP contribution in [0.3, 0.4) is 0 Å². The molecule has 6 fully saturated rings. The first kappa shape index (κ1) is 36.3. The third-order valence-electron chi connectivity index (χ3n) is 17.4. The highest BCUT2D eigenvalue weighted by Crippen LogP contribution is 2.78. The smallest absolute Gasteiger partial charge is 0.321 e. The number of nitrogens with zero attached hydrogens (tertiary/aromatic N) is 1. The first-order valence-corrected chi connectivity index (χ1v) is 20.5. The Hall–Kier alpha value is -3.36. The Morgan fingerprint density at radius 1 is 0.870 bits per heavy atom. The molecule has 8 heteroatoms. The van der Waals surface area contributed by atoms with Crippen molar-refractivity contribution in [2.45, 2.75) is 104 Å². The van der Waals surface area contributed by atoms with Crippen LogP contribution in [-0.2, 0) is 0 Å². The van der Waals surface area contributed by atoms with Gasteiger partial charge in [-0.05, 0) is 135 Å². The summed E-state index contributed by atoms with van der Waals surface area (Å²) in [5.41, 5.74) is -1.71. The number of carbonyl (C=O) groups excluding carboxylic acids is 2. The second kappa shape index (κ2) is 12.1. The lowest BCUT2D eigenvalue weighted by molar-refractivity contribution is -0.176. The molecule has 11 atom stereocenters. The summed E-state index contributed by atoms with van der Waals surface area (Å²) in [5, 5.41) is 27.4. The fourth-order valence-corrected chi connectivity index (χ4v) is 14.1. The fourth-order valence-electron chi connectivity index (χ4n) is 14.1. The number of allylic oxidation sites excluding steroid dienone is 4. The van der Waals surface area contributed by atoms with Gasteiger partial charge in [0.15, 0.2) is 17.4 Å². The quantitative estimate of drug-likeness (QED) is 0.195. The summed E-state index contributed by atoms with van der Waals surface area (Å²) >= 11 is 0. The third kappa shape index (κ3) is 4.86. The molecule has 0 aliphatic heterocycles. The molecule has 54 heavy (non-hydrogen) atoms. The first-order chi connectivity index (χ1) is 25.6. The molecule has 2 aromatic carbocycles. The maximum atomic E-state index is 14.8. The molecule has 0 heterocycles. The molecule has 0 radical (unpaired) electrons. The van der Waals surface area contributed by atoms with Crippen molar-refractivity contribution in [3.8, 4) is 0 Å². The topological polar surface area (TPSA) is 89.9 Å². The number of nitrogens with one attached hydrogen (secondary N) is 1. The minimum Gasteiger partial charge on any atom is -0.393 e. The Balaban J connectivity index is 1.10. The Morgan fingerprint density at radius 2 is 1.59 bits per heavy atom. The van der Waals surface area contributed by atoms with Gasteiger partial charge in [-0.2, -0.15) is 0 Å². The van der Waals surface area contributed by atoms with Gasteiger partial charge in [-0.1, -0.05) is 64.1 Å². The summed E-state index contributed by atoms with van der Waals surface area (Å²) in [6, 6.07) is 12.7. The van der Waals surface area contributed by atoms with E-state index >= 15 is 0 Å². The maximum Gasteiger partial charge on any atom is 0.321 e. The number of urea groups is 1. The number of para-hydroxylation sites is 1. The van der Waals surface area contributed by atoms with E-state index in [-0.39, 0.29) is 46.6 Å². The Kier molecular flexibility index (Phi) is 8.11. The van der Waals surface area contributed by atoms with Gasteiger partial charge in [-0.3, -0.25) is 4.79 Å². The fraction of sp³-hybridized carbons (Fsp3) is 0.609. The summed E-state index contributed by atoms with van der Waals surface area (Å²) in [4.78, 5) is 31.0. The number of benzene rings is 2. The number of anilines is 1. The van der Waals surface area contributed by atoms with Gasteiger partial charge < -0.3 is 20.4 Å². The van der Waals surface area contributed by atoms with Crippen molar-refractivity contribution in [1.29, 1.82) is 0 Å². The average Bonchev–Trinajstić information content (AvgIpc) is 3.42. The summed E-state index contributed by atoms with van der Waals surface area (Å²) in [6.45, 7) is 10.0. The van der Waals surface area contributed by atoms with Crippen molar-refractivity contribution in [3.05, 3.63) is 89.5 Å². The van der Waals surface area contributed by atoms with E-state index in [1.54, 1.807) is 0 Å². The van der Waals surface area contributed by atoms with Crippen molar-refractivity contribution in [1.82, 2.24) is 4.90 Å². The molecule has 6 nitrogen and oxygen atoms in total. The van der Waals surface area contributed by atoms with Gasteiger partial charge in [-0.25, -0.2) is 13.6 Å². The second-order valence-corrected chi connectivity index (χ2v) is 19.6. The Bertz CT molecular complexity index is 1940. The number of ketones is 1. The van der Waals surface area contributed by atoms with Gasteiger partial charge >= 0.3 is 6.03 Å². The number of hydrogen-bond donors (Lipinski definition) is 3. The van der Waals surface area contributed by atoms with Crippen molar-refractivity contribution in [3.63, 3.8) is 0 Å². The standard InChI is InChI=1S/C46H56F2N2O4/c1-41(2)30-12-10-29(33(41)23-30)26-50(40(53)49-31-8-6-5-7-9-31)27-45(54)19-16-38-43(45,4)18-15-37-42(3)17-14-32(51)24-44(42)20-21-46(37,38)34(25-44)39(52)28-11-13-35(47)36(48)22-28/h5-9,11,13,20-22,25,29-30,32-33,37-38,51,54H,10,12,14-19,23-24,26-27H2,1-4H3,(H,49,53). The predicted molar refractivity (Wildman–Crippen MR) is 204 cm³/mol. The van der Waals surface area contributed by atoms with Gasteiger partial charge in [0, 0.05) is 39.6 Å². The van der Waals surface area contributed by atoms with Gasteiger partial charge in [0.05, 0.1) is 18.2 Å². The summed E-state index contributed by atoms with van der Waals surface area (Å²) in [5.74, 6) is -0.804. The largest absolute Gasteiger partial charge is 0.393 e. The van der Waals surface area contributed by atoms with Crippen LogP contribution in [0.15, 0.2) is 72.3 Å². The van der Waals surface area contributed by atoms with E-state index in [1.165, 1.54) is 18.9 Å². The molecule has 288 valence electrons. The van der Waals surface area contributed by atoms with Crippen LogP contribution in [0.4, 0.5) is 19.3 Å². The highest BCUT2D eigenvalue weighted by molar-refractivity contribution is 6.10. The van der Waals surface area contributed by atoms with E-state index in [9.17, 15) is 28.6 Å². The van der Waals surface area contributed by atoms with Crippen LogP contribution in [0.1, 0.15) is 102 Å². The van der Waals surface area contributed by atoms with Crippen LogP contribution < -0.4 is 5.32 Å². The molecule has 4 bridgehead atoms. The Morgan fingerprint density at radius 3 is 2.31 bits per heavy atom. The average molecular weight is 739 g/mol. The number of hydrogen-bond acceptors (Lipinski definition) is 4. The molecule has 2 spiro atoms. The SMILES string of the molecule is CC1(C)C2CCC(CN(CC3(O)CCC4C56C=CC7(C=C5C(=O)c5ccc(F)c(F)c5)CC(O)CCC7(C)C6CCC43C)C(=O)Nc3ccccc3)C1C2. The molecule has 2 aromatic rings. The normalized spacial score (nSPS) is 42.2.